The Hall–Kier alpha value is -3.02. The summed E-state index contributed by atoms with van der Waals surface area (Å²) in [5.74, 6) is -0.00449. The summed E-state index contributed by atoms with van der Waals surface area (Å²) in [5.41, 5.74) is 1.16. The molecule has 0 unspecified atom stereocenters. The molecule has 6 nitrogen and oxygen atoms in total. The summed E-state index contributed by atoms with van der Waals surface area (Å²) in [6, 6.07) is 12.2. The minimum Gasteiger partial charge on any atom is -0.502 e. The van der Waals surface area contributed by atoms with Crippen molar-refractivity contribution < 1.29 is 19.0 Å². The van der Waals surface area contributed by atoms with Gasteiger partial charge in [0.15, 0.2) is 5.70 Å². The van der Waals surface area contributed by atoms with Gasteiger partial charge in [-0.05, 0) is 30.7 Å². The van der Waals surface area contributed by atoms with Crippen LogP contribution in [-0.4, -0.2) is 24.8 Å². The lowest BCUT2D eigenvalue weighted by Gasteiger charge is -2.15. The van der Waals surface area contributed by atoms with Gasteiger partial charge < -0.3 is 14.2 Å². The summed E-state index contributed by atoms with van der Waals surface area (Å²) in [4.78, 5) is 24.2. The van der Waals surface area contributed by atoms with Crippen LogP contribution in [0.2, 0.25) is 0 Å². The van der Waals surface area contributed by atoms with Crippen molar-refractivity contribution in [1.82, 2.24) is 4.57 Å². The topological polar surface area (TPSA) is 66.8 Å². The van der Waals surface area contributed by atoms with Crippen LogP contribution in [0.3, 0.4) is 0 Å². The van der Waals surface area contributed by atoms with E-state index >= 15 is 0 Å². The second-order valence-corrected chi connectivity index (χ2v) is 5.03. The molecule has 6 heteroatoms. The molecule has 0 spiro atoms. The van der Waals surface area contributed by atoms with Crippen molar-refractivity contribution in [2.45, 2.75) is 13.5 Å². The molecule has 2 aromatic rings. The highest BCUT2D eigenvalue weighted by atomic mass is 16.5. The number of aromatic nitrogens is 1. The van der Waals surface area contributed by atoms with E-state index in [4.69, 9.17) is 14.2 Å². The number of nitrogens with zero attached hydrogens (tertiary/aromatic N) is 1. The molecular weight excluding hydrogens is 310 g/mol. The molecule has 0 amide bonds. The van der Waals surface area contributed by atoms with Crippen LogP contribution in [0.5, 0.6) is 5.75 Å². The smallest absolute Gasteiger partial charge is 0.358 e. The number of hydrogen-bond acceptors (Lipinski definition) is 5. The lowest BCUT2D eigenvalue weighted by Crippen LogP contribution is -2.27. The SMILES string of the molecule is COC=C(C(=O)OC)n1c(COc2cccc(C)c2)cccc1=O. The maximum atomic E-state index is 12.2. The van der Waals surface area contributed by atoms with Crippen LogP contribution in [0, 0.1) is 6.92 Å². The van der Waals surface area contributed by atoms with Gasteiger partial charge in [-0.2, -0.15) is 0 Å². The molecule has 0 aliphatic carbocycles. The van der Waals surface area contributed by atoms with Crippen LogP contribution in [0.15, 0.2) is 53.5 Å². The largest absolute Gasteiger partial charge is 0.502 e. The molecule has 0 atom stereocenters. The van der Waals surface area contributed by atoms with Crippen molar-refractivity contribution in [3.63, 3.8) is 0 Å². The van der Waals surface area contributed by atoms with Crippen molar-refractivity contribution in [2.75, 3.05) is 14.2 Å². The number of rotatable bonds is 6. The molecule has 1 aromatic heterocycles. The number of carbonyl (C=O) groups is 1. The van der Waals surface area contributed by atoms with Crippen LogP contribution in [0.4, 0.5) is 0 Å². The molecule has 1 aromatic carbocycles. The first-order valence-corrected chi connectivity index (χ1v) is 7.29. The number of hydrogen-bond donors (Lipinski definition) is 0. The van der Waals surface area contributed by atoms with Gasteiger partial charge in [0, 0.05) is 6.07 Å². The van der Waals surface area contributed by atoms with Gasteiger partial charge in [0.2, 0.25) is 0 Å². The number of carbonyl (C=O) groups excluding carboxylic acids is 1. The zero-order valence-electron chi connectivity index (χ0n) is 13.8. The highest BCUT2D eigenvalue weighted by Gasteiger charge is 2.17. The van der Waals surface area contributed by atoms with Crippen LogP contribution >= 0.6 is 0 Å². The third kappa shape index (κ3) is 4.04. The Morgan fingerprint density at radius 3 is 2.58 bits per heavy atom. The molecule has 0 aliphatic heterocycles. The second kappa shape index (κ2) is 8.01. The third-order valence-electron chi connectivity index (χ3n) is 3.28. The molecule has 126 valence electrons. The van der Waals surface area contributed by atoms with E-state index in [1.54, 1.807) is 12.1 Å². The van der Waals surface area contributed by atoms with Gasteiger partial charge in [0.1, 0.15) is 18.6 Å². The summed E-state index contributed by atoms with van der Waals surface area (Å²) in [6.45, 7) is 2.07. The minimum absolute atomic E-state index is 0.0200. The van der Waals surface area contributed by atoms with Gasteiger partial charge in [-0.25, -0.2) is 4.79 Å². The van der Waals surface area contributed by atoms with E-state index in [9.17, 15) is 9.59 Å². The predicted octanol–water partition coefficient (Wildman–Crippen LogP) is 2.35. The monoisotopic (exact) mass is 329 g/mol. The maximum Gasteiger partial charge on any atom is 0.358 e. The standard InChI is InChI=1S/C18H19NO5/c1-13-6-4-8-15(10-13)24-11-14-7-5-9-17(20)19(14)16(12-22-2)18(21)23-3/h4-10,12H,11H2,1-3H3. The van der Waals surface area contributed by atoms with Gasteiger partial charge in [-0.15, -0.1) is 0 Å². The van der Waals surface area contributed by atoms with E-state index in [2.05, 4.69) is 0 Å². The molecule has 0 N–H and O–H groups in total. The van der Waals surface area contributed by atoms with Gasteiger partial charge in [0.05, 0.1) is 19.9 Å². The Labute approximate surface area is 139 Å². The van der Waals surface area contributed by atoms with E-state index in [-0.39, 0.29) is 17.9 Å². The summed E-state index contributed by atoms with van der Waals surface area (Å²) in [5, 5.41) is 0. The Balaban J connectivity index is 2.37. The Kier molecular flexibility index (Phi) is 5.78. The number of ether oxygens (including phenoxy) is 3. The van der Waals surface area contributed by atoms with E-state index < -0.39 is 5.97 Å². The highest BCUT2D eigenvalue weighted by Crippen LogP contribution is 2.16. The highest BCUT2D eigenvalue weighted by molar-refractivity contribution is 6.09. The summed E-state index contributed by atoms with van der Waals surface area (Å²) < 4.78 is 16.6. The second-order valence-electron chi connectivity index (χ2n) is 5.03. The molecule has 0 radical (unpaired) electrons. The number of esters is 1. The van der Waals surface area contributed by atoms with Gasteiger partial charge in [-0.3, -0.25) is 9.36 Å². The van der Waals surface area contributed by atoms with Crippen LogP contribution in [0.25, 0.3) is 5.70 Å². The van der Waals surface area contributed by atoms with Gasteiger partial charge >= 0.3 is 5.97 Å². The normalized spacial score (nSPS) is 11.0. The fourth-order valence-electron chi connectivity index (χ4n) is 2.19. The number of pyridine rings is 1. The quantitative estimate of drug-likeness (QED) is 0.462. The lowest BCUT2D eigenvalue weighted by molar-refractivity contribution is -0.134. The van der Waals surface area contributed by atoms with Crippen molar-refractivity contribution in [3.8, 4) is 5.75 Å². The van der Waals surface area contributed by atoms with Crippen molar-refractivity contribution >= 4 is 11.7 Å². The first-order valence-electron chi connectivity index (χ1n) is 7.29. The van der Waals surface area contributed by atoms with Crippen molar-refractivity contribution in [1.29, 1.82) is 0 Å². The summed E-state index contributed by atoms with van der Waals surface area (Å²) in [6.07, 6.45) is 1.17. The van der Waals surface area contributed by atoms with E-state index in [1.807, 2.05) is 31.2 Å². The molecule has 2 rings (SSSR count). The van der Waals surface area contributed by atoms with Crippen LogP contribution < -0.4 is 10.3 Å². The molecule has 0 aliphatic rings. The van der Waals surface area contributed by atoms with Crippen LogP contribution in [-0.2, 0) is 20.9 Å². The van der Waals surface area contributed by atoms with Crippen LogP contribution in [0.1, 0.15) is 11.3 Å². The average molecular weight is 329 g/mol. The molecule has 0 saturated heterocycles. The molecule has 24 heavy (non-hydrogen) atoms. The molecule has 0 bridgehead atoms. The van der Waals surface area contributed by atoms with Crippen molar-refractivity contribution in [3.05, 3.63) is 70.3 Å². The molecular formula is C18H19NO5. The Bertz CT molecular complexity index is 807. The number of aryl methyl sites for hydroxylation is 1. The zero-order chi connectivity index (χ0) is 17.5. The van der Waals surface area contributed by atoms with E-state index in [1.165, 1.54) is 31.1 Å². The first kappa shape index (κ1) is 17.3. The first-order chi connectivity index (χ1) is 11.6. The maximum absolute atomic E-state index is 12.2. The number of benzene rings is 1. The van der Waals surface area contributed by atoms with E-state index in [0.717, 1.165) is 5.56 Å². The Morgan fingerprint density at radius 2 is 1.92 bits per heavy atom. The third-order valence-corrected chi connectivity index (χ3v) is 3.28. The van der Waals surface area contributed by atoms with Crippen molar-refractivity contribution in [2.24, 2.45) is 0 Å². The predicted molar refractivity (Wildman–Crippen MR) is 89.5 cm³/mol. The zero-order valence-corrected chi connectivity index (χ0v) is 13.8. The van der Waals surface area contributed by atoms with Gasteiger partial charge in [0.25, 0.3) is 5.56 Å². The fourth-order valence-corrected chi connectivity index (χ4v) is 2.19. The van der Waals surface area contributed by atoms with E-state index in [0.29, 0.717) is 11.4 Å². The van der Waals surface area contributed by atoms with Gasteiger partial charge in [-0.1, -0.05) is 18.2 Å². The minimum atomic E-state index is -0.679. The average Bonchev–Trinajstić information content (AvgIpc) is 2.58. The fraction of sp³-hybridized carbons (Fsp3) is 0.222. The molecule has 0 fully saturated rings. The molecule has 1 heterocycles. The Morgan fingerprint density at radius 1 is 1.17 bits per heavy atom. The number of methoxy groups -OCH3 is 2. The molecule has 0 saturated carbocycles. The lowest BCUT2D eigenvalue weighted by atomic mass is 10.2. The summed E-state index contributed by atoms with van der Waals surface area (Å²) in [7, 11) is 2.63. The summed E-state index contributed by atoms with van der Waals surface area (Å²) >= 11 is 0.